The first-order valence-electron chi connectivity index (χ1n) is 7.86. The van der Waals surface area contributed by atoms with Crippen molar-refractivity contribution in [2.24, 2.45) is 0 Å². The highest BCUT2D eigenvalue weighted by Crippen LogP contribution is 2.28. The van der Waals surface area contributed by atoms with Crippen LogP contribution >= 0.6 is 0 Å². The molecule has 122 valence electrons. The van der Waals surface area contributed by atoms with Crippen LogP contribution in [-0.4, -0.2) is 58.7 Å². The number of aromatic nitrogens is 2. The van der Waals surface area contributed by atoms with Crippen molar-refractivity contribution in [2.75, 3.05) is 32.1 Å². The molecule has 0 saturated carbocycles. The third kappa shape index (κ3) is 3.42. The summed E-state index contributed by atoms with van der Waals surface area (Å²) in [7, 11) is 3.42. The Morgan fingerprint density at radius 3 is 2.83 bits per heavy atom. The molecular weight excluding hydrogens is 292 g/mol. The molecule has 1 saturated heterocycles. The standard InChI is InChI=1S/C17H22N4O2/c1-20(2)16(22)10-17(23)8-5-9-21(12-17)15-11-18-13-6-3-4-7-14(13)19-15/h3-4,6-7,11,23H,5,8-10,12H2,1-2H3. The number of anilines is 1. The Bertz CT molecular complexity index is 719. The van der Waals surface area contributed by atoms with Crippen LogP contribution in [0.2, 0.25) is 0 Å². The Kier molecular flexibility index (Phi) is 4.17. The number of nitrogens with zero attached hydrogens (tertiary/aromatic N) is 4. The van der Waals surface area contributed by atoms with Gasteiger partial charge in [0.25, 0.3) is 0 Å². The predicted octanol–water partition coefficient (Wildman–Crippen LogP) is 1.44. The van der Waals surface area contributed by atoms with E-state index in [4.69, 9.17) is 0 Å². The number of rotatable bonds is 3. The molecule has 0 aliphatic carbocycles. The highest BCUT2D eigenvalue weighted by Gasteiger charge is 2.36. The van der Waals surface area contributed by atoms with Crippen LogP contribution in [0.1, 0.15) is 19.3 Å². The first kappa shape index (κ1) is 15.7. The lowest BCUT2D eigenvalue weighted by Crippen LogP contribution is -2.50. The van der Waals surface area contributed by atoms with Crippen LogP contribution in [0.3, 0.4) is 0 Å². The second-order valence-electron chi connectivity index (χ2n) is 6.43. The summed E-state index contributed by atoms with van der Waals surface area (Å²) in [6.45, 7) is 1.21. The fraction of sp³-hybridized carbons (Fsp3) is 0.471. The third-order valence-corrected chi connectivity index (χ3v) is 4.29. The number of hydrogen-bond donors (Lipinski definition) is 1. The Hall–Kier alpha value is -2.21. The first-order chi connectivity index (χ1) is 11.0. The van der Waals surface area contributed by atoms with Gasteiger partial charge in [-0.05, 0) is 25.0 Å². The first-order valence-corrected chi connectivity index (χ1v) is 7.86. The molecule has 1 fully saturated rings. The number of benzene rings is 1. The second kappa shape index (κ2) is 6.12. The molecule has 1 aliphatic rings. The van der Waals surface area contributed by atoms with E-state index in [2.05, 4.69) is 9.97 Å². The Balaban J connectivity index is 1.80. The van der Waals surface area contributed by atoms with Crippen LogP contribution in [0, 0.1) is 0 Å². The van der Waals surface area contributed by atoms with Gasteiger partial charge in [0, 0.05) is 27.2 Å². The zero-order valence-corrected chi connectivity index (χ0v) is 13.6. The van der Waals surface area contributed by atoms with Crippen molar-refractivity contribution in [3.8, 4) is 0 Å². The van der Waals surface area contributed by atoms with Crippen LogP contribution in [0.5, 0.6) is 0 Å². The third-order valence-electron chi connectivity index (χ3n) is 4.29. The molecule has 1 aliphatic heterocycles. The molecule has 0 radical (unpaired) electrons. The topological polar surface area (TPSA) is 69.6 Å². The normalized spacial score (nSPS) is 21.4. The molecule has 1 aromatic heterocycles. The van der Waals surface area contributed by atoms with Crippen molar-refractivity contribution in [3.05, 3.63) is 30.5 Å². The number of β-amino-alcohol motifs (C(OH)–C–C–N with tert-alkyl or cyclic N) is 1. The molecule has 1 amide bonds. The van der Waals surface area contributed by atoms with Crippen molar-refractivity contribution in [1.82, 2.24) is 14.9 Å². The molecule has 1 unspecified atom stereocenters. The summed E-state index contributed by atoms with van der Waals surface area (Å²) >= 11 is 0. The monoisotopic (exact) mass is 314 g/mol. The fourth-order valence-corrected chi connectivity index (χ4v) is 2.99. The van der Waals surface area contributed by atoms with E-state index in [1.165, 1.54) is 4.90 Å². The maximum atomic E-state index is 12.0. The molecule has 2 heterocycles. The molecule has 0 bridgehead atoms. The van der Waals surface area contributed by atoms with Crippen molar-refractivity contribution in [1.29, 1.82) is 0 Å². The van der Waals surface area contributed by atoms with Gasteiger partial charge in [-0.15, -0.1) is 0 Å². The summed E-state index contributed by atoms with van der Waals surface area (Å²) < 4.78 is 0. The summed E-state index contributed by atoms with van der Waals surface area (Å²) in [5.74, 6) is 0.693. The highest BCUT2D eigenvalue weighted by atomic mass is 16.3. The van der Waals surface area contributed by atoms with Gasteiger partial charge in [0.1, 0.15) is 5.82 Å². The van der Waals surface area contributed by atoms with Gasteiger partial charge >= 0.3 is 0 Å². The number of fused-ring (bicyclic) bond motifs is 1. The van der Waals surface area contributed by atoms with E-state index in [9.17, 15) is 9.90 Å². The highest BCUT2D eigenvalue weighted by molar-refractivity contribution is 5.77. The molecule has 6 nitrogen and oxygen atoms in total. The van der Waals surface area contributed by atoms with Crippen molar-refractivity contribution >= 4 is 22.8 Å². The van der Waals surface area contributed by atoms with E-state index in [0.29, 0.717) is 13.0 Å². The Morgan fingerprint density at radius 1 is 1.35 bits per heavy atom. The van der Waals surface area contributed by atoms with Crippen LogP contribution in [0.4, 0.5) is 5.82 Å². The van der Waals surface area contributed by atoms with Crippen LogP contribution in [0.15, 0.2) is 30.5 Å². The van der Waals surface area contributed by atoms with E-state index in [1.807, 2.05) is 29.2 Å². The number of aliphatic hydroxyl groups is 1. The van der Waals surface area contributed by atoms with Gasteiger partial charge in [0.15, 0.2) is 0 Å². The van der Waals surface area contributed by atoms with E-state index >= 15 is 0 Å². The summed E-state index contributed by atoms with van der Waals surface area (Å²) in [4.78, 5) is 24.6. The van der Waals surface area contributed by atoms with Gasteiger partial charge < -0.3 is 14.9 Å². The second-order valence-corrected chi connectivity index (χ2v) is 6.43. The Labute approximate surface area is 135 Å². The molecule has 3 rings (SSSR count). The van der Waals surface area contributed by atoms with Gasteiger partial charge in [-0.2, -0.15) is 0 Å². The van der Waals surface area contributed by atoms with Gasteiger partial charge in [-0.25, -0.2) is 4.98 Å². The molecule has 1 atom stereocenters. The van der Waals surface area contributed by atoms with E-state index in [-0.39, 0.29) is 12.3 Å². The van der Waals surface area contributed by atoms with Crippen molar-refractivity contribution in [3.63, 3.8) is 0 Å². The van der Waals surface area contributed by atoms with Crippen molar-refractivity contribution < 1.29 is 9.90 Å². The smallest absolute Gasteiger partial charge is 0.225 e. The van der Waals surface area contributed by atoms with Gasteiger partial charge in [0.2, 0.25) is 5.91 Å². The molecule has 1 aromatic carbocycles. The zero-order chi connectivity index (χ0) is 16.4. The van der Waals surface area contributed by atoms with Crippen LogP contribution in [0.25, 0.3) is 11.0 Å². The minimum Gasteiger partial charge on any atom is -0.388 e. The predicted molar refractivity (Wildman–Crippen MR) is 89.2 cm³/mol. The summed E-state index contributed by atoms with van der Waals surface area (Å²) in [6, 6.07) is 7.72. The molecule has 6 heteroatoms. The largest absolute Gasteiger partial charge is 0.388 e. The quantitative estimate of drug-likeness (QED) is 0.928. The minimum absolute atomic E-state index is 0.0565. The fourth-order valence-electron chi connectivity index (χ4n) is 2.99. The van der Waals surface area contributed by atoms with E-state index in [0.717, 1.165) is 29.8 Å². The lowest BCUT2D eigenvalue weighted by Gasteiger charge is -2.39. The number of carbonyl (C=O) groups excluding carboxylic acids is 1. The summed E-state index contributed by atoms with van der Waals surface area (Å²) in [5, 5.41) is 10.8. The van der Waals surface area contributed by atoms with Gasteiger partial charge in [-0.1, -0.05) is 12.1 Å². The maximum Gasteiger partial charge on any atom is 0.225 e. The number of piperidine rings is 1. The van der Waals surface area contributed by atoms with Gasteiger partial charge in [0.05, 0.1) is 29.3 Å². The number of hydrogen-bond acceptors (Lipinski definition) is 5. The average Bonchev–Trinajstić information content (AvgIpc) is 2.54. The Morgan fingerprint density at radius 2 is 2.09 bits per heavy atom. The van der Waals surface area contributed by atoms with Crippen molar-refractivity contribution in [2.45, 2.75) is 24.9 Å². The molecule has 1 N–H and O–H groups in total. The molecular formula is C17H22N4O2. The SMILES string of the molecule is CN(C)C(=O)CC1(O)CCCN(c2cnc3ccccc3n2)C1. The van der Waals surface area contributed by atoms with E-state index in [1.54, 1.807) is 20.3 Å². The van der Waals surface area contributed by atoms with Gasteiger partial charge in [-0.3, -0.25) is 9.78 Å². The zero-order valence-electron chi connectivity index (χ0n) is 13.6. The number of amides is 1. The molecule has 23 heavy (non-hydrogen) atoms. The van der Waals surface area contributed by atoms with Crippen LogP contribution in [-0.2, 0) is 4.79 Å². The summed E-state index contributed by atoms with van der Waals surface area (Å²) in [6.07, 6.45) is 3.33. The average molecular weight is 314 g/mol. The lowest BCUT2D eigenvalue weighted by atomic mass is 9.89. The summed E-state index contributed by atoms with van der Waals surface area (Å²) in [5.41, 5.74) is 0.683. The minimum atomic E-state index is -1.01. The molecule has 2 aromatic rings. The van der Waals surface area contributed by atoms with Crippen LogP contribution < -0.4 is 4.90 Å². The number of para-hydroxylation sites is 2. The van der Waals surface area contributed by atoms with E-state index < -0.39 is 5.60 Å². The lowest BCUT2D eigenvalue weighted by molar-refractivity contribution is -0.134. The number of carbonyl (C=O) groups is 1. The molecule has 0 spiro atoms. The maximum absolute atomic E-state index is 12.0.